The van der Waals surface area contributed by atoms with Crippen LogP contribution in [-0.2, 0) is 19.1 Å². The fourth-order valence-electron chi connectivity index (χ4n) is 5.59. The standard InChI is InChI=1S/C23H23NO5/c1-12(21(26)13-5-3-2-4-6-13)29-18(25)9-10-24-22(27)19-14-7-8-15(17-11-16(14)17)20(19)23(24)28/h2-8,12,14-17,19-20H,9-11H2,1H3/t12-,14-,15-,16-,17-,19-,20+/m1/s1. The largest absolute Gasteiger partial charge is 0.454 e. The highest BCUT2D eigenvalue weighted by atomic mass is 16.5. The van der Waals surface area contributed by atoms with Crippen LogP contribution >= 0.6 is 0 Å². The van der Waals surface area contributed by atoms with Crippen LogP contribution in [0.4, 0.5) is 0 Å². The second-order valence-electron chi connectivity index (χ2n) is 8.60. The van der Waals surface area contributed by atoms with Gasteiger partial charge < -0.3 is 4.74 Å². The third kappa shape index (κ3) is 2.84. The van der Waals surface area contributed by atoms with Gasteiger partial charge in [0.05, 0.1) is 18.3 Å². The van der Waals surface area contributed by atoms with Crippen molar-refractivity contribution < 1.29 is 23.9 Å². The van der Waals surface area contributed by atoms with Gasteiger partial charge in [0.1, 0.15) is 0 Å². The van der Waals surface area contributed by atoms with Crippen LogP contribution in [0.1, 0.15) is 30.1 Å². The molecule has 2 amide bonds. The highest BCUT2D eigenvalue weighted by Gasteiger charge is 2.66. The Morgan fingerprint density at radius 3 is 2.21 bits per heavy atom. The van der Waals surface area contributed by atoms with E-state index in [2.05, 4.69) is 12.2 Å². The fraction of sp³-hybridized carbons (Fsp3) is 0.478. The Bertz CT molecular complexity index is 886. The number of amides is 2. The minimum Gasteiger partial charge on any atom is -0.454 e. The first kappa shape index (κ1) is 18.3. The fourth-order valence-corrected chi connectivity index (χ4v) is 5.59. The molecule has 2 saturated carbocycles. The molecule has 0 radical (unpaired) electrons. The number of hydrogen-bond acceptors (Lipinski definition) is 5. The summed E-state index contributed by atoms with van der Waals surface area (Å²) >= 11 is 0. The maximum absolute atomic E-state index is 12.9. The molecule has 4 aliphatic carbocycles. The van der Waals surface area contributed by atoms with Crippen molar-refractivity contribution in [1.82, 2.24) is 4.90 Å². The van der Waals surface area contributed by atoms with Gasteiger partial charge in [-0.3, -0.25) is 24.1 Å². The molecule has 6 heteroatoms. The molecule has 0 N–H and O–H groups in total. The number of nitrogens with zero attached hydrogens (tertiary/aromatic N) is 1. The number of imide groups is 1. The molecule has 150 valence electrons. The van der Waals surface area contributed by atoms with Crippen LogP contribution in [0.2, 0.25) is 0 Å². The quantitative estimate of drug-likeness (QED) is 0.320. The number of hydrogen-bond donors (Lipinski definition) is 0. The maximum Gasteiger partial charge on any atom is 0.308 e. The van der Waals surface area contributed by atoms with Crippen molar-refractivity contribution in [1.29, 1.82) is 0 Å². The first-order chi connectivity index (χ1) is 14.0. The molecule has 1 heterocycles. The van der Waals surface area contributed by atoms with Gasteiger partial charge in [-0.2, -0.15) is 0 Å². The van der Waals surface area contributed by atoms with Crippen molar-refractivity contribution in [2.24, 2.45) is 35.5 Å². The summed E-state index contributed by atoms with van der Waals surface area (Å²) < 4.78 is 5.24. The molecule has 1 aromatic carbocycles. The third-order valence-electron chi connectivity index (χ3n) is 7.03. The topological polar surface area (TPSA) is 80.8 Å². The molecular formula is C23H23NO5. The summed E-state index contributed by atoms with van der Waals surface area (Å²) in [4.78, 5) is 51.6. The van der Waals surface area contributed by atoms with Crippen LogP contribution in [0.3, 0.4) is 0 Å². The van der Waals surface area contributed by atoms with Crippen molar-refractivity contribution in [3.8, 4) is 0 Å². The van der Waals surface area contributed by atoms with Crippen molar-refractivity contribution in [2.45, 2.75) is 25.9 Å². The molecule has 7 atom stereocenters. The van der Waals surface area contributed by atoms with E-state index in [9.17, 15) is 19.2 Å². The van der Waals surface area contributed by atoms with E-state index in [1.807, 2.05) is 0 Å². The summed E-state index contributed by atoms with van der Waals surface area (Å²) in [5.41, 5.74) is 0.475. The number of allylic oxidation sites excluding steroid dienone is 2. The molecule has 3 fully saturated rings. The molecule has 5 aliphatic rings. The summed E-state index contributed by atoms with van der Waals surface area (Å²) in [6, 6.07) is 8.64. The molecule has 1 saturated heterocycles. The molecule has 2 bridgehead atoms. The van der Waals surface area contributed by atoms with E-state index in [1.165, 1.54) is 11.8 Å². The number of carbonyl (C=O) groups is 4. The molecule has 0 aromatic heterocycles. The van der Waals surface area contributed by atoms with Gasteiger partial charge in [0, 0.05) is 12.1 Å². The minimum absolute atomic E-state index is 0.0184. The second-order valence-corrected chi connectivity index (χ2v) is 8.60. The van der Waals surface area contributed by atoms with Crippen LogP contribution < -0.4 is 0 Å². The molecule has 6 rings (SSSR count). The zero-order valence-corrected chi connectivity index (χ0v) is 16.2. The summed E-state index contributed by atoms with van der Waals surface area (Å²) in [5, 5.41) is 0. The summed E-state index contributed by atoms with van der Waals surface area (Å²) in [7, 11) is 0. The molecule has 6 nitrogen and oxygen atoms in total. The van der Waals surface area contributed by atoms with Gasteiger partial charge in [-0.1, -0.05) is 42.5 Å². The lowest BCUT2D eigenvalue weighted by molar-refractivity contribution is -0.148. The molecule has 0 unspecified atom stereocenters. The lowest BCUT2D eigenvalue weighted by atomic mass is 9.63. The van der Waals surface area contributed by atoms with Crippen LogP contribution in [0.5, 0.6) is 0 Å². The number of rotatable bonds is 6. The van der Waals surface area contributed by atoms with E-state index < -0.39 is 12.1 Å². The molecule has 1 aromatic rings. The Morgan fingerprint density at radius 2 is 1.62 bits per heavy atom. The van der Waals surface area contributed by atoms with E-state index >= 15 is 0 Å². The SMILES string of the molecule is C[C@@H](OC(=O)CCN1C(=O)[C@@H]2[C@@H]3C=C[C@H]([C@H]4C[C@H]34)[C@@H]2C1=O)C(=O)c1ccccc1. The van der Waals surface area contributed by atoms with Gasteiger partial charge in [-0.05, 0) is 37.0 Å². The van der Waals surface area contributed by atoms with Crippen LogP contribution in [0.25, 0.3) is 0 Å². The number of benzene rings is 1. The molecule has 29 heavy (non-hydrogen) atoms. The Morgan fingerprint density at radius 1 is 1.03 bits per heavy atom. The number of ether oxygens (including phenoxy) is 1. The van der Waals surface area contributed by atoms with E-state index in [4.69, 9.17) is 4.74 Å². The van der Waals surface area contributed by atoms with E-state index in [-0.39, 0.29) is 54.2 Å². The zero-order valence-electron chi connectivity index (χ0n) is 16.2. The Labute approximate surface area is 168 Å². The number of likely N-dealkylation sites (tertiary alicyclic amines) is 1. The van der Waals surface area contributed by atoms with Crippen molar-refractivity contribution in [3.05, 3.63) is 48.0 Å². The maximum atomic E-state index is 12.9. The molecule has 0 spiro atoms. The summed E-state index contributed by atoms with van der Waals surface area (Å²) in [5.74, 6) is -0.209. The van der Waals surface area contributed by atoms with Crippen molar-refractivity contribution in [3.63, 3.8) is 0 Å². The Balaban J connectivity index is 1.19. The number of esters is 1. The Kier molecular flexibility index (Phi) is 4.19. The van der Waals surface area contributed by atoms with E-state index in [0.717, 1.165) is 6.42 Å². The van der Waals surface area contributed by atoms with Crippen LogP contribution in [0, 0.1) is 35.5 Å². The number of carbonyl (C=O) groups excluding carboxylic acids is 4. The molecular weight excluding hydrogens is 370 g/mol. The predicted octanol–water partition coefficient (Wildman–Crippen LogP) is 2.24. The smallest absolute Gasteiger partial charge is 0.308 e. The normalized spacial score (nSPS) is 34.6. The summed E-state index contributed by atoms with van der Waals surface area (Å²) in [6.07, 6.45) is 4.36. The predicted molar refractivity (Wildman–Crippen MR) is 102 cm³/mol. The Hall–Kier alpha value is -2.76. The van der Waals surface area contributed by atoms with Crippen LogP contribution in [-0.4, -0.2) is 41.1 Å². The third-order valence-corrected chi connectivity index (χ3v) is 7.03. The van der Waals surface area contributed by atoms with Crippen LogP contribution in [0.15, 0.2) is 42.5 Å². The average Bonchev–Trinajstić information content (AvgIpc) is 3.51. The summed E-state index contributed by atoms with van der Waals surface area (Å²) in [6.45, 7) is 1.55. The van der Waals surface area contributed by atoms with E-state index in [0.29, 0.717) is 17.4 Å². The van der Waals surface area contributed by atoms with Gasteiger partial charge in [-0.25, -0.2) is 0 Å². The monoisotopic (exact) mass is 393 g/mol. The highest BCUT2D eigenvalue weighted by molar-refractivity contribution is 6.06. The lowest BCUT2D eigenvalue weighted by Gasteiger charge is -2.37. The lowest BCUT2D eigenvalue weighted by Crippen LogP contribution is -2.40. The second kappa shape index (κ2) is 6.65. The minimum atomic E-state index is -0.912. The van der Waals surface area contributed by atoms with Gasteiger partial charge in [-0.15, -0.1) is 0 Å². The first-order valence-electron chi connectivity index (χ1n) is 10.3. The molecule has 1 aliphatic heterocycles. The number of Topliss-reactive ketones (excluding diaryl/α,β-unsaturated/α-hetero) is 1. The first-order valence-corrected chi connectivity index (χ1v) is 10.3. The van der Waals surface area contributed by atoms with Gasteiger partial charge in [0.15, 0.2) is 6.10 Å². The van der Waals surface area contributed by atoms with Crippen molar-refractivity contribution in [2.75, 3.05) is 6.54 Å². The number of ketones is 1. The van der Waals surface area contributed by atoms with Gasteiger partial charge >= 0.3 is 5.97 Å². The average molecular weight is 393 g/mol. The van der Waals surface area contributed by atoms with E-state index in [1.54, 1.807) is 30.3 Å². The zero-order chi connectivity index (χ0) is 20.3. The van der Waals surface area contributed by atoms with Gasteiger partial charge in [0.2, 0.25) is 17.6 Å². The highest BCUT2D eigenvalue weighted by Crippen LogP contribution is 2.65. The van der Waals surface area contributed by atoms with Gasteiger partial charge in [0.25, 0.3) is 0 Å². The van der Waals surface area contributed by atoms with Crippen molar-refractivity contribution >= 4 is 23.6 Å².